The topological polar surface area (TPSA) is 56.4 Å². The van der Waals surface area contributed by atoms with Crippen LogP contribution in [0.1, 0.15) is 6.92 Å². The van der Waals surface area contributed by atoms with Crippen LogP contribution in [-0.2, 0) is 13.1 Å². The average Bonchev–Trinajstić information content (AvgIpc) is 2.97. The fourth-order valence-corrected chi connectivity index (χ4v) is 3.53. The van der Waals surface area contributed by atoms with Gasteiger partial charge in [0, 0.05) is 11.9 Å². The first kappa shape index (κ1) is 17.4. The Balaban J connectivity index is 1.55. The van der Waals surface area contributed by atoms with Gasteiger partial charge in [0.1, 0.15) is 18.5 Å². The Morgan fingerprint density at radius 2 is 1.59 bits per heavy atom. The Morgan fingerprint density at radius 3 is 2.37 bits per heavy atom. The highest BCUT2D eigenvalue weighted by molar-refractivity contribution is 5.88. The van der Waals surface area contributed by atoms with Gasteiger partial charge in [-0.15, -0.1) is 0 Å². The summed E-state index contributed by atoms with van der Waals surface area (Å²) >= 11 is 0. The highest BCUT2D eigenvalue weighted by Gasteiger charge is 2.15. The number of hydrogen-bond donors (Lipinski definition) is 1. The Bertz CT molecular complexity index is 1140. The summed E-state index contributed by atoms with van der Waals surface area (Å²) in [7, 11) is 0. The average molecular weight is 362 g/mol. The molecule has 1 N–H and O–H groups in total. The number of benzene rings is 3. The molecule has 0 aliphatic rings. The monoisotopic (exact) mass is 362 g/mol. The molecule has 0 spiro atoms. The molecule has 27 heavy (non-hydrogen) atoms. The van der Waals surface area contributed by atoms with E-state index in [0.29, 0.717) is 6.54 Å². The van der Waals surface area contributed by atoms with Gasteiger partial charge in [0.2, 0.25) is 0 Å². The third-order valence-electron chi connectivity index (χ3n) is 4.82. The summed E-state index contributed by atoms with van der Waals surface area (Å²) in [5, 5.41) is 12.6. The number of aryl methyl sites for hydroxylation is 1. The Kier molecular flexibility index (Phi) is 4.69. The molecule has 1 aromatic heterocycles. The molecule has 0 bridgehead atoms. The van der Waals surface area contributed by atoms with Crippen molar-refractivity contribution < 1.29 is 9.84 Å². The van der Waals surface area contributed by atoms with Crippen LogP contribution in [0, 0.1) is 0 Å². The second kappa shape index (κ2) is 7.29. The first-order valence-corrected chi connectivity index (χ1v) is 9.15. The van der Waals surface area contributed by atoms with Crippen molar-refractivity contribution in [2.75, 3.05) is 6.61 Å². The molecule has 0 aliphatic carbocycles. The molecule has 0 aliphatic heterocycles. The van der Waals surface area contributed by atoms with Crippen molar-refractivity contribution in [1.29, 1.82) is 0 Å². The van der Waals surface area contributed by atoms with Crippen LogP contribution in [0.5, 0.6) is 5.75 Å². The van der Waals surface area contributed by atoms with Gasteiger partial charge in [0.25, 0.3) is 0 Å². The summed E-state index contributed by atoms with van der Waals surface area (Å²) < 4.78 is 9.20. The molecule has 5 nitrogen and oxygen atoms in total. The summed E-state index contributed by atoms with van der Waals surface area (Å²) in [4.78, 5) is 12.7. The van der Waals surface area contributed by atoms with E-state index in [1.165, 1.54) is 0 Å². The standard InChI is InChI=1S/C22H22N2O3/c1-2-23-19-11-5-6-12-20(19)24(22(23)26)14-17(25)15-27-21-13-7-9-16-8-3-4-10-18(16)21/h3-13,17,25H,2,14-15H2,1H3. The van der Waals surface area contributed by atoms with Crippen LogP contribution in [-0.4, -0.2) is 27.0 Å². The number of nitrogens with zero attached hydrogens (tertiary/aromatic N) is 2. The molecule has 0 saturated carbocycles. The largest absolute Gasteiger partial charge is 0.490 e. The molecule has 0 fully saturated rings. The third-order valence-corrected chi connectivity index (χ3v) is 4.82. The number of aliphatic hydroxyl groups excluding tert-OH is 1. The van der Waals surface area contributed by atoms with Gasteiger partial charge < -0.3 is 9.84 Å². The number of ether oxygens (including phenoxy) is 1. The van der Waals surface area contributed by atoms with Gasteiger partial charge >= 0.3 is 5.69 Å². The van der Waals surface area contributed by atoms with Crippen LogP contribution >= 0.6 is 0 Å². The highest BCUT2D eigenvalue weighted by Crippen LogP contribution is 2.25. The zero-order valence-corrected chi connectivity index (χ0v) is 15.2. The molecule has 5 heteroatoms. The summed E-state index contributed by atoms with van der Waals surface area (Å²) in [6.07, 6.45) is -0.794. The fraction of sp³-hybridized carbons (Fsp3) is 0.227. The van der Waals surface area contributed by atoms with E-state index in [1.807, 2.05) is 73.7 Å². The first-order chi connectivity index (χ1) is 13.2. The van der Waals surface area contributed by atoms with Crippen LogP contribution in [0.2, 0.25) is 0 Å². The molecule has 4 rings (SSSR count). The SMILES string of the molecule is CCn1c(=O)n(CC(O)COc2cccc3ccccc23)c2ccccc21. The van der Waals surface area contributed by atoms with E-state index in [9.17, 15) is 9.90 Å². The van der Waals surface area contributed by atoms with Gasteiger partial charge in [-0.05, 0) is 30.5 Å². The number of aliphatic hydroxyl groups is 1. The van der Waals surface area contributed by atoms with Crippen molar-refractivity contribution in [3.8, 4) is 5.75 Å². The van der Waals surface area contributed by atoms with Crippen LogP contribution in [0.3, 0.4) is 0 Å². The molecule has 1 atom stereocenters. The minimum atomic E-state index is -0.794. The molecule has 3 aromatic carbocycles. The third kappa shape index (κ3) is 3.22. The maximum atomic E-state index is 12.7. The van der Waals surface area contributed by atoms with E-state index in [2.05, 4.69) is 0 Å². The van der Waals surface area contributed by atoms with Gasteiger partial charge in [-0.1, -0.05) is 48.5 Å². The summed E-state index contributed by atoms with van der Waals surface area (Å²) in [5.74, 6) is 0.732. The second-order valence-corrected chi connectivity index (χ2v) is 6.57. The van der Waals surface area contributed by atoms with Crippen molar-refractivity contribution in [3.63, 3.8) is 0 Å². The van der Waals surface area contributed by atoms with E-state index in [4.69, 9.17) is 4.74 Å². The van der Waals surface area contributed by atoms with Gasteiger partial charge in [-0.3, -0.25) is 9.13 Å². The van der Waals surface area contributed by atoms with Gasteiger partial charge in [-0.2, -0.15) is 0 Å². The second-order valence-electron chi connectivity index (χ2n) is 6.57. The lowest BCUT2D eigenvalue weighted by molar-refractivity contribution is 0.0932. The van der Waals surface area contributed by atoms with Gasteiger partial charge in [-0.25, -0.2) is 4.79 Å². The lowest BCUT2D eigenvalue weighted by atomic mass is 10.1. The minimum absolute atomic E-state index is 0.108. The zero-order chi connectivity index (χ0) is 18.8. The van der Waals surface area contributed by atoms with Crippen LogP contribution in [0.15, 0.2) is 71.5 Å². The number of hydrogen-bond acceptors (Lipinski definition) is 3. The summed E-state index contributed by atoms with van der Waals surface area (Å²) in [6, 6.07) is 21.5. The molecular formula is C22H22N2O3. The van der Waals surface area contributed by atoms with E-state index >= 15 is 0 Å². The first-order valence-electron chi connectivity index (χ1n) is 9.15. The number of aromatic nitrogens is 2. The van der Waals surface area contributed by atoms with Gasteiger partial charge in [0.15, 0.2) is 0 Å². The summed E-state index contributed by atoms with van der Waals surface area (Å²) in [6.45, 7) is 2.84. The molecule has 1 heterocycles. The minimum Gasteiger partial charge on any atom is -0.490 e. The smallest absolute Gasteiger partial charge is 0.329 e. The normalized spacial score (nSPS) is 12.5. The Hall–Kier alpha value is -3.05. The highest BCUT2D eigenvalue weighted by atomic mass is 16.5. The maximum absolute atomic E-state index is 12.7. The van der Waals surface area contributed by atoms with Crippen LogP contribution in [0.25, 0.3) is 21.8 Å². The zero-order valence-electron chi connectivity index (χ0n) is 15.2. The number of para-hydroxylation sites is 2. The maximum Gasteiger partial charge on any atom is 0.329 e. The molecule has 1 unspecified atom stereocenters. The van der Waals surface area contributed by atoms with Crippen molar-refractivity contribution in [1.82, 2.24) is 9.13 Å². The molecule has 0 radical (unpaired) electrons. The van der Waals surface area contributed by atoms with E-state index in [0.717, 1.165) is 27.6 Å². The van der Waals surface area contributed by atoms with E-state index < -0.39 is 6.10 Å². The predicted octanol–water partition coefficient (Wildman–Crippen LogP) is 3.42. The number of fused-ring (bicyclic) bond motifs is 2. The molecule has 138 valence electrons. The molecule has 4 aromatic rings. The lowest BCUT2D eigenvalue weighted by Crippen LogP contribution is -2.31. The number of rotatable bonds is 6. The summed E-state index contributed by atoms with van der Waals surface area (Å²) in [5.41, 5.74) is 1.60. The van der Waals surface area contributed by atoms with Crippen molar-refractivity contribution in [3.05, 3.63) is 77.2 Å². The Labute approximate surface area is 157 Å². The quantitative estimate of drug-likeness (QED) is 0.572. The van der Waals surface area contributed by atoms with Crippen LogP contribution < -0.4 is 10.4 Å². The predicted molar refractivity (Wildman–Crippen MR) is 107 cm³/mol. The Morgan fingerprint density at radius 1 is 0.926 bits per heavy atom. The molecular weight excluding hydrogens is 340 g/mol. The molecule has 0 amide bonds. The number of imidazole rings is 1. The fourth-order valence-electron chi connectivity index (χ4n) is 3.53. The van der Waals surface area contributed by atoms with Gasteiger partial charge in [0.05, 0.1) is 17.6 Å². The van der Waals surface area contributed by atoms with Crippen molar-refractivity contribution in [2.24, 2.45) is 0 Å². The van der Waals surface area contributed by atoms with Crippen LogP contribution in [0.4, 0.5) is 0 Å². The molecule has 0 saturated heterocycles. The van der Waals surface area contributed by atoms with E-state index in [1.54, 1.807) is 9.13 Å². The van der Waals surface area contributed by atoms with E-state index in [-0.39, 0.29) is 18.8 Å². The lowest BCUT2D eigenvalue weighted by Gasteiger charge is -2.14. The van der Waals surface area contributed by atoms with Crippen molar-refractivity contribution >= 4 is 21.8 Å². The van der Waals surface area contributed by atoms with Crippen molar-refractivity contribution in [2.45, 2.75) is 26.1 Å².